The normalized spacial score (nSPS) is 13.8. The highest BCUT2D eigenvalue weighted by Gasteiger charge is 2.30. The molecule has 1 saturated heterocycles. The first kappa shape index (κ1) is 16.4. The molecule has 0 spiro atoms. The van der Waals surface area contributed by atoms with E-state index in [-0.39, 0.29) is 19.0 Å². The summed E-state index contributed by atoms with van der Waals surface area (Å²) in [6, 6.07) is 8.73. The van der Waals surface area contributed by atoms with Crippen LogP contribution in [-0.4, -0.2) is 51.6 Å². The molecule has 8 heteroatoms. The van der Waals surface area contributed by atoms with E-state index in [4.69, 9.17) is 10.4 Å². The van der Waals surface area contributed by atoms with Crippen molar-refractivity contribution in [2.45, 2.75) is 6.42 Å². The molecule has 2 amide bonds. The number of carbonyl (C=O) groups excluding carboxylic acids is 1. The summed E-state index contributed by atoms with van der Waals surface area (Å²) in [4.78, 5) is 34.6. The van der Waals surface area contributed by atoms with Crippen LogP contribution in [0.3, 0.4) is 0 Å². The summed E-state index contributed by atoms with van der Waals surface area (Å²) in [5.74, 6) is -0.427. The molecule has 3 rings (SSSR count). The molecular formula is C17H15N5O3. The van der Waals surface area contributed by atoms with Crippen molar-refractivity contribution >= 4 is 17.7 Å². The number of benzene rings is 1. The fraction of sp³-hybridized carbons (Fsp3) is 0.235. The summed E-state index contributed by atoms with van der Waals surface area (Å²) >= 11 is 0. The molecular weight excluding hydrogens is 322 g/mol. The van der Waals surface area contributed by atoms with Crippen molar-refractivity contribution in [3.8, 4) is 17.5 Å². The Kier molecular flexibility index (Phi) is 4.57. The van der Waals surface area contributed by atoms with Crippen LogP contribution >= 0.6 is 0 Å². The van der Waals surface area contributed by atoms with Crippen LogP contribution in [0.4, 0.5) is 10.5 Å². The zero-order valence-electron chi connectivity index (χ0n) is 13.3. The number of anilines is 1. The van der Waals surface area contributed by atoms with Gasteiger partial charge in [0.05, 0.1) is 36.1 Å². The lowest BCUT2D eigenvalue weighted by Crippen LogP contribution is -2.33. The number of carboxylic acids is 1. The molecule has 1 N–H and O–H groups in total. The third-order valence-corrected chi connectivity index (χ3v) is 3.91. The Bertz CT molecular complexity index is 827. The van der Waals surface area contributed by atoms with Gasteiger partial charge in [-0.25, -0.2) is 14.8 Å². The molecule has 8 nitrogen and oxygen atoms in total. The van der Waals surface area contributed by atoms with Gasteiger partial charge in [0.2, 0.25) is 0 Å². The van der Waals surface area contributed by atoms with Gasteiger partial charge in [0.15, 0.2) is 5.82 Å². The predicted molar refractivity (Wildman–Crippen MR) is 88.8 cm³/mol. The van der Waals surface area contributed by atoms with Crippen molar-refractivity contribution in [3.63, 3.8) is 0 Å². The van der Waals surface area contributed by atoms with E-state index in [0.717, 1.165) is 5.56 Å². The van der Waals surface area contributed by atoms with Gasteiger partial charge in [0.25, 0.3) is 0 Å². The maximum Gasteiger partial charge on any atom is 0.324 e. The van der Waals surface area contributed by atoms with E-state index in [1.54, 1.807) is 36.7 Å². The van der Waals surface area contributed by atoms with Crippen molar-refractivity contribution in [3.05, 3.63) is 42.2 Å². The van der Waals surface area contributed by atoms with Crippen LogP contribution in [0.15, 0.2) is 36.7 Å². The van der Waals surface area contributed by atoms with Crippen LogP contribution < -0.4 is 4.90 Å². The lowest BCUT2D eigenvalue weighted by atomic mass is 10.1. The fourth-order valence-electron chi connectivity index (χ4n) is 2.56. The van der Waals surface area contributed by atoms with E-state index in [1.807, 2.05) is 0 Å². The lowest BCUT2D eigenvalue weighted by molar-refractivity contribution is -0.137. The largest absolute Gasteiger partial charge is 0.481 e. The van der Waals surface area contributed by atoms with E-state index in [2.05, 4.69) is 16.0 Å². The van der Waals surface area contributed by atoms with Gasteiger partial charge in [-0.2, -0.15) is 5.26 Å². The highest BCUT2D eigenvalue weighted by Crippen LogP contribution is 2.21. The Labute approximate surface area is 144 Å². The van der Waals surface area contributed by atoms with E-state index in [9.17, 15) is 9.59 Å². The Morgan fingerprint density at radius 1 is 1.20 bits per heavy atom. The maximum absolute atomic E-state index is 12.3. The molecule has 1 aromatic heterocycles. The van der Waals surface area contributed by atoms with Gasteiger partial charge in [-0.1, -0.05) is 0 Å². The van der Waals surface area contributed by atoms with Gasteiger partial charge in [-0.15, -0.1) is 0 Å². The molecule has 0 aliphatic carbocycles. The third-order valence-electron chi connectivity index (χ3n) is 3.91. The molecule has 2 heterocycles. The number of hydrogen-bond acceptors (Lipinski definition) is 5. The lowest BCUT2D eigenvalue weighted by Gasteiger charge is -2.17. The van der Waals surface area contributed by atoms with Crippen LogP contribution in [-0.2, 0) is 4.79 Å². The first-order chi connectivity index (χ1) is 12.1. The average molecular weight is 337 g/mol. The Balaban J connectivity index is 1.71. The van der Waals surface area contributed by atoms with Gasteiger partial charge in [-0.05, 0) is 24.3 Å². The first-order valence-electron chi connectivity index (χ1n) is 7.69. The molecule has 25 heavy (non-hydrogen) atoms. The summed E-state index contributed by atoms with van der Waals surface area (Å²) < 4.78 is 0. The maximum atomic E-state index is 12.3. The monoisotopic (exact) mass is 337 g/mol. The van der Waals surface area contributed by atoms with E-state index in [1.165, 1.54) is 9.80 Å². The van der Waals surface area contributed by atoms with Crippen LogP contribution in [0.25, 0.3) is 11.4 Å². The van der Waals surface area contributed by atoms with E-state index in [0.29, 0.717) is 30.2 Å². The molecule has 2 aromatic rings. The first-order valence-corrected chi connectivity index (χ1v) is 7.69. The smallest absolute Gasteiger partial charge is 0.324 e. The number of rotatable bonds is 5. The van der Waals surface area contributed by atoms with Crippen molar-refractivity contribution in [2.24, 2.45) is 0 Å². The summed E-state index contributed by atoms with van der Waals surface area (Å²) in [6.07, 6.45) is 3.06. The van der Waals surface area contributed by atoms with Crippen molar-refractivity contribution < 1.29 is 14.7 Å². The number of hydrogen-bond donors (Lipinski definition) is 1. The van der Waals surface area contributed by atoms with Crippen LogP contribution in [0, 0.1) is 11.3 Å². The second kappa shape index (κ2) is 6.97. The Morgan fingerprint density at radius 3 is 2.48 bits per heavy atom. The number of carbonyl (C=O) groups is 2. The number of aliphatic carboxylic acids is 1. The molecule has 1 aliphatic heterocycles. The number of urea groups is 1. The second-order valence-corrected chi connectivity index (χ2v) is 5.52. The van der Waals surface area contributed by atoms with Crippen LogP contribution in [0.2, 0.25) is 0 Å². The second-order valence-electron chi connectivity index (χ2n) is 5.52. The van der Waals surface area contributed by atoms with Gasteiger partial charge < -0.3 is 10.0 Å². The molecule has 0 saturated carbocycles. The molecule has 0 bridgehead atoms. The van der Waals surface area contributed by atoms with Gasteiger partial charge in [0.1, 0.15) is 0 Å². The summed E-state index contributed by atoms with van der Waals surface area (Å²) in [5.41, 5.74) is 1.91. The number of nitriles is 1. The molecule has 1 aromatic carbocycles. The molecule has 0 atom stereocenters. The van der Waals surface area contributed by atoms with Crippen LogP contribution in [0.5, 0.6) is 0 Å². The standard InChI is InChI=1S/C17H15N5O3/c18-9-12-1-3-13(4-2-12)16-19-10-14(11-20-16)22-8-7-21(17(22)25)6-5-15(23)24/h1-4,10-11H,5-8H2,(H,23,24). The number of carboxylic acid groups (broad SMARTS) is 1. The van der Waals surface area contributed by atoms with E-state index >= 15 is 0 Å². The van der Waals surface area contributed by atoms with Gasteiger partial charge in [-0.3, -0.25) is 9.69 Å². The number of amides is 2. The minimum atomic E-state index is -0.929. The van der Waals surface area contributed by atoms with Crippen molar-refractivity contribution in [1.82, 2.24) is 14.9 Å². The zero-order chi connectivity index (χ0) is 17.8. The highest BCUT2D eigenvalue weighted by atomic mass is 16.4. The predicted octanol–water partition coefficient (Wildman–Crippen LogP) is 1.73. The third kappa shape index (κ3) is 3.55. The minimum Gasteiger partial charge on any atom is -0.481 e. The fourth-order valence-corrected chi connectivity index (χ4v) is 2.56. The molecule has 1 aliphatic rings. The SMILES string of the molecule is N#Cc1ccc(-c2ncc(N3CCN(CCC(=O)O)C3=O)cn2)cc1. The van der Waals surface area contributed by atoms with E-state index < -0.39 is 5.97 Å². The van der Waals surface area contributed by atoms with Gasteiger partial charge >= 0.3 is 12.0 Å². The summed E-state index contributed by atoms with van der Waals surface area (Å²) in [5, 5.41) is 17.5. The zero-order valence-corrected chi connectivity index (χ0v) is 13.3. The molecule has 126 valence electrons. The van der Waals surface area contributed by atoms with Crippen molar-refractivity contribution in [2.75, 3.05) is 24.5 Å². The number of nitrogens with zero attached hydrogens (tertiary/aromatic N) is 5. The van der Waals surface area contributed by atoms with Gasteiger partial charge in [0, 0.05) is 25.2 Å². The highest BCUT2D eigenvalue weighted by molar-refractivity contribution is 5.94. The summed E-state index contributed by atoms with van der Waals surface area (Å²) in [6.45, 7) is 1.14. The Morgan fingerprint density at radius 2 is 1.88 bits per heavy atom. The average Bonchev–Trinajstić information content (AvgIpc) is 3.01. The summed E-state index contributed by atoms with van der Waals surface area (Å²) in [7, 11) is 0. The van der Waals surface area contributed by atoms with Crippen molar-refractivity contribution in [1.29, 1.82) is 5.26 Å². The minimum absolute atomic E-state index is 0.0757. The molecule has 0 unspecified atom stereocenters. The van der Waals surface area contributed by atoms with Crippen LogP contribution in [0.1, 0.15) is 12.0 Å². The Hall–Kier alpha value is -3.47. The topological polar surface area (TPSA) is 110 Å². The quantitative estimate of drug-likeness (QED) is 0.889. The number of aromatic nitrogens is 2. The molecule has 0 radical (unpaired) electrons. The molecule has 1 fully saturated rings.